The maximum absolute atomic E-state index is 5.88. The molecule has 0 radical (unpaired) electrons. The number of hydrogen-bond acceptors (Lipinski definition) is 2. The van der Waals surface area contributed by atoms with Gasteiger partial charge in [-0.25, -0.2) is 4.98 Å². The smallest absolute Gasteiger partial charge is 0.137 e. The summed E-state index contributed by atoms with van der Waals surface area (Å²) >= 11 is 5.88. The molecule has 18 heavy (non-hydrogen) atoms. The standard InChI is InChI=1S/C14H12ClN3/c15-12-3-1-11(2-4-12)13-9-18-6-5-10(8-16)7-14(18)17-13/h1-7,9H,8,16H2. The molecule has 2 aromatic heterocycles. The van der Waals surface area contributed by atoms with Crippen molar-refractivity contribution in [3.63, 3.8) is 0 Å². The monoisotopic (exact) mass is 257 g/mol. The molecule has 1 aromatic carbocycles. The van der Waals surface area contributed by atoms with Gasteiger partial charge in [-0.15, -0.1) is 0 Å². The molecule has 0 saturated carbocycles. The van der Waals surface area contributed by atoms with Crippen LogP contribution < -0.4 is 5.73 Å². The van der Waals surface area contributed by atoms with Crippen LogP contribution in [0.3, 0.4) is 0 Å². The van der Waals surface area contributed by atoms with Crippen molar-refractivity contribution in [2.24, 2.45) is 5.73 Å². The van der Waals surface area contributed by atoms with E-state index in [0.717, 1.165) is 27.5 Å². The number of benzene rings is 1. The number of rotatable bonds is 2. The molecule has 90 valence electrons. The molecular weight excluding hydrogens is 246 g/mol. The minimum absolute atomic E-state index is 0.527. The first kappa shape index (κ1) is 11.3. The summed E-state index contributed by atoms with van der Waals surface area (Å²) in [7, 11) is 0. The van der Waals surface area contributed by atoms with E-state index in [-0.39, 0.29) is 0 Å². The average molecular weight is 258 g/mol. The van der Waals surface area contributed by atoms with Crippen LogP contribution in [0.4, 0.5) is 0 Å². The van der Waals surface area contributed by atoms with E-state index in [4.69, 9.17) is 17.3 Å². The fraction of sp³-hybridized carbons (Fsp3) is 0.0714. The highest BCUT2D eigenvalue weighted by Gasteiger charge is 2.04. The summed E-state index contributed by atoms with van der Waals surface area (Å²) in [5, 5.41) is 0.730. The topological polar surface area (TPSA) is 43.3 Å². The van der Waals surface area contributed by atoms with E-state index in [1.165, 1.54) is 0 Å². The van der Waals surface area contributed by atoms with Gasteiger partial charge >= 0.3 is 0 Å². The normalized spacial score (nSPS) is 11.0. The lowest BCUT2D eigenvalue weighted by Gasteiger charge is -1.96. The van der Waals surface area contributed by atoms with Crippen LogP contribution in [-0.2, 0) is 6.54 Å². The molecule has 0 aliphatic rings. The van der Waals surface area contributed by atoms with Crippen molar-refractivity contribution in [1.82, 2.24) is 9.38 Å². The van der Waals surface area contributed by atoms with Crippen LogP contribution >= 0.6 is 11.6 Å². The Bertz CT molecular complexity index is 686. The van der Waals surface area contributed by atoms with Gasteiger partial charge in [-0.2, -0.15) is 0 Å². The summed E-state index contributed by atoms with van der Waals surface area (Å²) in [5.74, 6) is 0. The van der Waals surface area contributed by atoms with Gasteiger partial charge in [0.1, 0.15) is 5.65 Å². The number of nitrogens with zero attached hydrogens (tertiary/aromatic N) is 2. The lowest BCUT2D eigenvalue weighted by Crippen LogP contribution is -1.96. The third-order valence-electron chi connectivity index (χ3n) is 2.90. The first-order chi connectivity index (χ1) is 8.76. The summed E-state index contributed by atoms with van der Waals surface area (Å²) in [6.45, 7) is 0.527. The molecule has 4 heteroatoms. The van der Waals surface area contributed by atoms with Gasteiger partial charge in [-0.05, 0) is 29.8 Å². The van der Waals surface area contributed by atoms with E-state index in [1.54, 1.807) is 0 Å². The minimum Gasteiger partial charge on any atom is -0.326 e. The van der Waals surface area contributed by atoms with E-state index in [2.05, 4.69) is 4.98 Å². The molecule has 0 atom stereocenters. The Morgan fingerprint density at radius 2 is 1.94 bits per heavy atom. The second-order valence-electron chi connectivity index (χ2n) is 4.14. The summed E-state index contributed by atoms with van der Waals surface area (Å²) < 4.78 is 1.99. The Morgan fingerprint density at radius 3 is 2.67 bits per heavy atom. The molecule has 0 saturated heterocycles. The molecule has 2 N–H and O–H groups in total. The molecule has 0 unspecified atom stereocenters. The quantitative estimate of drug-likeness (QED) is 0.767. The van der Waals surface area contributed by atoms with Crippen LogP contribution in [0.2, 0.25) is 5.02 Å². The van der Waals surface area contributed by atoms with Gasteiger partial charge in [-0.1, -0.05) is 23.7 Å². The number of nitrogens with two attached hydrogens (primary N) is 1. The third kappa shape index (κ3) is 1.98. The van der Waals surface area contributed by atoms with E-state index in [9.17, 15) is 0 Å². The van der Waals surface area contributed by atoms with Gasteiger partial charge in [0, 0.05) is 29.5 Å². The molecule has 0 aliphatic heterocycles. The SMILES string of the molecule is NCc1ccn2cc(-c3ccc(Cl)cc3)nc2c1. The van der Waals surface area contributed by atoms with Gasteiger partial charge < -0.3 is 10.1 Å². The molecule has 3 aromatic rings. The largest absolute Gasteiger partial charge is 0.326 e. The predicted octanol–water partition coefficient (Wildman–Crippen LogP) is 3.11. The van der Waals surface area contributed by atoms with Crippen molar-refractivity contribution in [2.45, 2.75) is 6.54 Å². The highest BCUT2D eigenvalue weighted by molar-refractivity contribution is 6.30. The third-order valence-corrected chi connectivity index (χ3v) is 3.15. The van der Waals surface area contributed by atoms with Crippen molar-refractivity contribution in [3.05, 3.63) is 59.4 Å². The first-order valence-electron chi connectivity index (χ1n) is 5.70. The summed E-state index contributed by atoms with van der Waals surface area (Å²) in [6, 6.07) is 11.7. The Morgan fingerprint density at radius 1 is 1.17 bits per heavy atom. The van der Waals surface area contributed by atoms with E-state index >= 15 is 0 Å². The Hall–Kier alpha value is -1.84. The molecule has 2 heterocycles. The summed E-state index contributed by atoms with van der Waals surface area (Å²) in [4.78, 5) is 4.59. The zero-order valence-corrected chi connectivity index (χ0v) is 10.4. The maximum atomic E-state index is 5.88. The zero-order chi connectivity index (χ0) is 12.5. The minimum atomic E-state index is 0.527. The number of imidazole rings is 1. The Balaban J connectivity index is 2.10. The van der Waals surface area contributed by atoms with Gasteiger partial charge in [0.05, 0.1) is 5.69 Å². The van der Waals surface area contributed by atoms with Crippen molar-refractivity contribution in [1.29, 1.82) is 0 Å². The fourth-order valence-corrected chi connectivity index (χ4v) is 2.04. The number of hydrogen-bond donors (Lipinski definition) is 1. The van der Waals surface area contributed by atoms with Crippen molar-refractivity contribution < 1.29 is 0 Å². The second-order valence-corrected chi connectivity index (χ2v) is 4.57. The molecular formula is C14H12ClN3. The van der Waals surface area contributed by atoms with Crippen molar-refractivity contribution in [3.8, 4) is 11.3 Å². The van der Waals surface area contributed by atoms with Crippen LogP contribution in [0, 0.1) is 0 Å². The van der Waals surface area contributed by atoms with E-state index < -0.39 is 0 Å². The van der Waals surface area contributed by atoms with Crippen LogP contribution in [0.25, 0.3) is 16.9 Å². The van der Waals surface area contributed by atoms with Crippen LogP contribution in [0.5, 0.6) is 0 Å². The van der Waals surface area contributed by atoms with Crippen molar-refractivity contribution >= 4 is 17.2 Å². The lowest BCUT2D eigenvalue weighted by atomic mass is 10.2. The second kappa shape index (κ2) is 4.44. The Labute approximate surface area is 110 Å². The molecule has 0 bridgehead atoms. The average Bonchev–Trinajstić information content (AvgIpc) is 2.82. The zero-order valence-electron chi connectivity index (χ0n) is 9.68. The van der Waals surface area contributed by atoms with Crippen LogP contribution in [-0.4, -0.2) is 9.38 Å². The lowest BCUT2D eigenvalue weighted by molar-refractivity contribution is 1.05. The van der Waals surface area contributed by atoms with Gasteiger partial charge in [0.15, 0.2) is 0 Å². The maximum Gasteiger partial charge on any atom is 0.137 e. The predicted molar refractivity (Wildman–Crippen MR) is 73.5 cm³/mol. The van der Waals surface area contributed by atoms with E-state index in [1.807, 2.05) is 53.2 Å². The molecule has 0 aliphatic carbocycles. The molecule has 0 spiro atoms. The van der Waals surface area contributed by atoms with Gasteiger partial charge in [0.25, 0.3) is 0 Å². The molecule has 3 nitrogen and oxygen atoms in total. The van der Waals surface area contributed by atoms with Gasteiger partial charge in [-0.3, -0.25) is 0 Å². The van der Waals surface area contributed by atoms with E-state index in [0.29, 0.717) is 6.54 Å². The van der Waals surface area contributed by atoms with Gasteiger partial charge in [0.2, 0.25) is 0 Å². The number of halogens is 1. The summed E-state index contributed by atoms with van der Waals surface area (Å²) in [6.07, 6.45) is 3.98. The highest BCUT2D eigenvalue weighted by Crippen LogP contribution is 2.21. The number of pyridine rings is 1. The molecule has 0 fully saturated rings. The molecule has 0 amide bonds. The number of fused-ring (bicyclic) bond motifs is 1. The summed E-state index contributed by atoms with van der Waals surface area (Å²) in [5.41, 5.74) is 9.59. The fourth-order valence-electron chi connectivity index (χ4n) is 1.91. The van der Waals surface area contributed by atoms with Crippen LogP contribution in [0.1, 0.15) is 5.56 Å². The number of aromatic nitrogens is 2. The highest BCUT2D eigenvalue weighted by atomic mass is 35.5. The first-order valence-corrected chi connectivity index (χ1v) is 6.08. The van der Waals surface area contributed by atoms with Crippen molar-refractivity contribution in [2.75, 3.05) is 0 Å². The molecule has 3 rings (SSSR count). The Kier molecular flexibility index (Phi) is 2.78. The van der Waals surface area contributed by atoms with Crippen LogP contribution in [0.15, 0.2) is 48.8 Å².